The maximum Gasteiger partial charge on any atom is 0.240 e. The van der Waals surface area contributed by atoms with Crippen LogP contribution >= 0.6 is 0 Å². The summed E-state index contributed by atoms with van der Waals surface area (Å²) in [5, 5.41) is 5.09. The number of carbonyl (C=O) groups is 1. The monoisotopic (exact) mass is 421 g/mol. The van der Waals surface area contributed by atoms with E-state index in [-0.39, 0.29) is 23.8 Å². The summed E-state index contributed by atoms with van der Waals surface area (Å²) < 4.78 is 29.2. The molecule has 3 aromatic carbocycles. The summed E-state index contributed by atoms with van der Waals surface area (Å²) in [4.78, 5) is 12.5. The molecular weight excluding hydrogens is 398 g/mol. The standard InChI is InChI=1S/C23H23N3O3S/c1-2-26-21-11-7-6-10-19(21)20-16-17(12-13-22(20)26)25-23(27)14-15-24-30(28,29)18-8-4-3-5-9-18/h3-13,16,24H,2,14-15H2,1H3,(H,25,27). The number of anilines is 1. The van der Waals surface area contributed by atoms with Crippen LogP contribution in [-0.2, 0) is 21.4 Å². The summed E-state index contributed by atoms with van der Waals surface area (Å²) >= 11 is 0. The molecule has 0 spiro atoms. The van der Waals surface area contributed by atoms with Crippen molar-refractivity contribution in [3.63, 3.8) is 0 Å². The predicted octanol–water partition coefficient (Wildman–Crippen LogP) is 4.12. The highest BCUT2D eigenvalue weighted by molar-refractivity contribution is 7.89. The second kappa shape index (κ2) is 8.30. The summed E-state index contributed by atoms with van der Waals surface area (Å²) in [6, 6.07) is 22.2. The number of para-hydroxylation sites is 1. The molecular formula is C23H23N3O3S. The Labute approximate surface area is 175 Å². The zero-order chi connectivity index (χ0) is 21.1. The Morgan fingerprint density at radius 1 is 0.900 bits per heavy atom. The van der Waals surface area contributed by atoms with Crippen molar-refractivity contribution in [3.05, 3.63) is 72.8 Å². The Bertz CT molecular complexity index is 1310. The van der Waals surface area contributed by atoms with Crippen LogP contribution in [0.3, 0.4) is 0 Å². The molecule has 0 fully saturated rings. The third-order valence-electron chi connectivity index (χ3n) is 5.07. The average molecular weight is 422 g/mol. The van der Waals surface area contributed by atoms with Crippen molar-refractivity contribution in [2.75, 3.05) is 11.9 Å². The summed E-state index contributed by atoms with van der Waals surface area (Å²) in [5.41, 5.74) is 2.97. The molecule has 1 heterocycles. The Morgan fingerprint density at radius 3 is 2.37 bits per heavy atom. The summed E-state index contributed by atoms with van der Waals surface area (Å²) in [6.07, 6.45) is 0.0425. The number of aryl methyl sites for hydroxylation is 1. The van der Waals surface area contributed by atoms with Gasteiger partial charge in [0.05, 0.1) is 4.90 Å². The van der Waals surface area contributed by atoms with Crippen LogP contribution in [0.5, 0.6) is 0 Å². The Hall–Kier alpha value is -3.16. The SMILES string of the molecule is CCn1c2ccccc2c2cc(NC(=O)CCNS(=O)(=O)c3ccccc3)ccc21. The van der Waals surface area contributed by atoms with Gasteiger partial charge in [-0.2, -0.15) is 0 Å². The minimum Gasteiger partial charge on any atom is -0.341 e. The molecule has 7 heteroatoms. The van der Waals surface area contributed by atoms with E-state index in [4.69, 9.17) is 0 Å². The van der Waals surface area contributed by atoms with Crippen LogP contribution < -0.4 is 10.0 Å². The maximum atomic E-state index is 12.3. The van der Waals surface area contributed by atoms with Gasteiger partial charge < -0.3 is 9.88 Å². The van der Waals surface area contributed by atoms with Gasteiger partial charge in [0.25, 0.3) is 0 Å². The number of nitrogens with one attached hydrogen (secondary N) is 2. The quantitative estimate of drug-likeness (QED) is 0.471. The van der Waals surface area contributed by atoms with Crippen molar-refractivity contribution in [2.24, 2.45) is 0 Å². The summed E-state index contributed by atoms with van der Waals surface area (Å²) in [6.45, 7) is 3.00. The number of hydrogen-bond donors (Lipinski definition) is 2. The van der Waals surface area contributed by atoms with Gasteiger partial charge in [-0.1, -0.05) is 36.4 Å². The van der Waals surface area contributed by atoms with Gasteiger partial charge in [-0.05, 0) is 43.3 Å². The van der Waals surface area contributed by atoms with Crippen molar-refractivity contribution >= 4 is 43.4 Å². The lowest BCUT2D eigenvalue weighted by Gasteiger charge is -2.08. The number of sulfonamides is 1. The Balaban J connectivity index is 1.45. The van der Waals surface area contributed by atoms with Gasteiger partial charge in [-0.25, -0.2) is 13.1 Å². The number of benzene rings is 3. The first-order valence-electron chi connectivity index (χ1n) is 9.85. The van der Waals surface area contributed by atoms with Crippen LogP contribution in [0.1, 0.15) is 13.3 Å². The molecule has 0 aliphatic heterocycles. The third kappa shape index (κ3) is 3.94. The van der Waals surface area contributed by atoms with E-state index in [2.05, 4.69) is 33.7 Å². The van der Waals surface area contributed by atoms with Crippen LogP contribution in [0, 0.1) is 0 Å². The Kier molecular flexibility index (Phi) is 5.57. The highest BCUT2D eigenvalue weighted by atomic mass is 32.2. The molecule has 0 saturated heterocycles. The summed E-state index contributed by atoms with van der Waals surface area (Å²) in [5.74, 6) is -0.246. The molecule has 4 rings (SSSR count). The van der Waals surface area contributed by atoms with E-state index in [0.717, 1.165) is 28.4 Å². The van der Waals surface area contributed by atoms with Gasteiger partial charge in [0.1, 0.15) is 0 Å². The largest absolute Gasteiger partial charge is 0.341 e. The molecule has 0 radical (unpaired) electrons. The van der Waals surface area contributed by atoms with Crippen molar-refractivity contribution in [3.8, 4) is 0 Å². The first kappa shape index (κ1) is 20.1. The van der Waals surface area contributed by atoms with Crippen LogP contribution in [0.15, 0.2) is 77.7 Å². The lowest BCUT2D eigenvalue weighted by Crippen LogP contribution is -2.27. The zero-order valence-electron chi connectivity index (χ0n) is 16.6. The first-order valence-corrected chi connectivity index (χ1v) is 11.3. The molecule has 0 saturated carbocycles. The number of carbonyl (C=O) groups excluding carboxylic acids is 1. The number of fused-ring (bicyclic) bond motifs is 3. The zero-order valence-corrected chi connectivity index (χ0v) is 17.4. The predicted molar refractivity (Wildman–Crippen MR) is 120 cm³/mol. The molecule has 6 nitrogen and oxygen atoms in total. The van der Waals surface area contributed by atoms with E-state index in [1.165, 1.54) is 12.1 Å². The van der Waals surface area contributed by atoms with Crippen LogP contribution in [-0.4, -0.2) is 25.4 Å². The molecule has 2 N–H and O–H groups in total. The second-order valence-electron chi connectivity index (χ2n) is 7.00. The smallest absolute Gasteiger partial charge is 0.240 e. The number of hydrogen-bond acceptors (Lipinski definition) is 3. The maximum absolute atomic E-state index is 12.3. The van der Waals surface area contributed by atoms with E-state index in [9.17, 15) is 13.2 Å². The van der Waals surface area contributed by atoms with Gasteiger partial charge in [0, 0.05) is 47.0 Å². The lowest BCUT2D eigenvalue weighted by molar-refractivity contribution is -0.116. The minimum atomic E-state index is -3.61. The van der Waals surface area contributed by atoms with Gasteiger partial charge >= 0.3 is 0 Å². The second-order valence-corrected chi connectivity index (χ2v) is 8.77. The van der Waals surface area contributed by atoms with Gasteiger partial charge in [-0.15, -0.1) is 0 Å². The minimum absolute atomic E-state index is 0.0282. The van der Waals surface area contributed by atoms with Crippen LogP contribution in [0.25, 0.3) is 21.8 Å². The first-order chi connectivity index (χ1) is 14.5. The molecule has 1 amide bonds. The molecule has 30 heavy (non-hydrogen) atoms. The summed E-state index contributed by atoms with van der Waals surface area (Å²) in [7, 11) is -3.61. The molecule has 0 aliphatic rings. The van der Waals surface area contributed by atoms with Crippen molar-refractivity contribution in [2.45, 2.75) is 24.8 Å². The van der Waals surface area contributed by atoms with Crippen molar-refractivity contribution < 1.29 is 13.2 Å². The van der Waals surface area contributed by atoms with E-state index in [1.807, 2.05) is 30.3 Å². The lowest BCUT2D eigenvalue weighted by atomic mass is 10.1. The molecule has 0 aliphatic carbocycles. The number of aromatic nitrogens is 1. The van der Waals surface area contributed by atoms with Crippen LogP contribution in [0.4, 0.5) is 5.69 Å². The topological polar surface area (TPSA) is 80.2 Å². The van der Waals surface area contributed by atoms with Crippen molar-refractivity contribution in [1.29, 1.82) is 0 Å². The molecule has 0 bridgehead atoms. The molecule has 0 atom stereocenters. The van der Waals surface area contributed by atoms with Gasteiger partial charge in [0.15, 0.2) is 0 Å². The molecule has 1 aromatic heterocycles. The molecule has 4 aromatic rings. The van der Waals surface area contributed by atoms with E-state index >= 15 is 0 Å². The van der Waals surface area contributed by atoms with Crippen LogP contribution in [0.2, 0.25) is 0 Å². The van der Waals surface area contributed by atoms with Gasteiger partial charge in [0.2, 0.25) is 15.9 Å². The van der Waals surface area contributed by atoms with Crippen molar-refractivity contribution in [1.82, 2.24) is 9.29 Å². The van der Waals surface area contributed by atoms with Gasteiger partial charge in [-0.3, -0.25) is 4.79 Å². The number of amides is 1. The number of nitrogens with zero attached hydrogens (tertiary/aromatic N) is 1. The normalized spacial score (nSPS) is 11.8. The average Bonchev–Trinajstić information content (AvgIpc) is 3.07. The highest BCUT2D eigenvalue weighted by Crippen LogP contribution is 2.30. The molecule has 154 valence electrons. The van der Waals surface area contributed by atoms with E-state index in [1.54, 1.807) is 18.2 Å². The highest BCUT2D eigenvalue weighted by Gasteiger charge is 2.14. The van der Waals surface area contributed by atoms with E-state index < -0.39 is 10.0 Å². The fraction of sp³-hybridized carbons (Fsp3) is 0.174. The fourth-order valence-corrected chi connectivity index (χ4v) is 4.73. The number of rotatable bonds is 7. The Morgan fingerprint density at radius 2 is 1.60 bits per heavy atom. The fourth-order valence-electron chi connectivity index (χ4n) is 3.68. The molecule has 0 unspecified atom stereocenters. The third-order valence-corrected chi connectivity index (χ3v) is 6.55. The van der Waals surface area contributed by atoms with E-state index in [0.29, 0.717) is 5.69 Å².